The second kappa shape index (κ2) is 25.1. The Bertz CT molecular complexity index is 1760. The van der Waals surface area contributed by atoms with E-state index in [0.29, 0.717) is 63.4 Å². The quantitative estimate of drug-likeness (QED) is 0.156. The average molecular weight is 914 g/mol. The van der Waals surface area contributed by atoms with E-state index in [1.54, 1.807) is 48.0 Å². The summed E-state index contributed by atoms with van der Waals surface area (Å²) in [6, 6.07) is -1.14. The second-order valence-electron chi connectivity index (χ2n) is 19.6. The molecule has 1 amide bonds. The van der Waals surface area contributed by atoms with E-state index in [-0.39, 0.29) is 54.8 Å². The number of ether oxygens (including phenoxy) is 5. The van der Waals surface area contributed by atoms with Gasteiger partial charge < -0.3 is 43.9 Å². The molecule has 4 aliphatic rings. The molecule has 0 radical (unpaired) electrons. The van der Waals surface area contributed by atoms with Crippen molar-refractivity contribution in [2.45, 2.75) is 180 Å². The number of methoxy groups -OCH3 is 3. The highest BCUT2D eigenvalue weighted by Gasteiger charge is 2.53. The first-order valence-electron chi connectivity index (χ1n) is 23.9. The highest BCUT2D eigenvalue weighted by molar-refractivity contribution is 6.39. The van der Waals surface area contributed by atoms with Gasteiger partial charge in [-0.2, -0.15) is 0 Å². The molecule has 366 valence electrons. The molecule has 14 nitrogen and oxygen atoms in total. The Morgan fingerprint density at radius 2 is 1.57 bits per heavy atom. The number of cyclic esters (lactones) is 1. The monoisotopic (exact) mass is 914 g/mol. The van der Waals surface area contributed by atoms with Gasteiger partial charge in [0, 0.05) is 58.5 Å². The van der Waals surface area contributed by atoms with Crippen molar-refractivity contribution in [3.05, 3.63) is 47.6 Å². The van der Waals surface area contributed by atoms with Gasteiger partial charge in [0.1, 0.15) is 30.1 Å². The predicted molar refractivity (Wildman–Crippen MR) is 245 cm³/mol. The third kappa shape index (κ3) is 14.3. The SMILES string of the molecule is CO[C@H]1C[C@@H]2CC[C@@H](C)[C@@](O)(O2)C(=O)C(=O)N2CCCC[C@H]2C(=O)O[C@H]([C@H](C)C[C@@H]2CC[C@@H](O)[C@H](OC)C2)CC(=O)[C@H](C)/C=C(\C)[C@@H](OC)[C@@H](O)C(=O)[C@H](C)C[C@H](C)/C=C/C=C/C=C/1C. The van der Waals surface area contributed by atoms with Crippen molar-refractivity contribution in [3.8, 4) is 0 Å². The van der Waals surface area contributed by atoms with E-state index < -0.39 is 83.9 Å². The van der Waals surface area contributed by atoms with Gasteiger partial charge >= 0.3 is 5.97 Å². The first-order valence-corrected chi connectivity index (χ1v) is 23.9. The fraction of sp³-hybridized carbons (Fsp3) is 0.745. The van der Waals surface area contributed by atoms with E-state index in [4.69, 9.17) is 23.7 Å². The molecular weight excluding hydrogens is 835 g/mol. The van der Waals surface area contributed by atoms with Gasteiger partial charge in [0.15, 0.2) is 5.78 Å². The van der Waals surface area contributed by atoms with Crippen molar-refractivity contribution in [2.24, 2.45) is 35.5 Å². The van der Waals surface area contributed by atoms with Gasteiger partial charge in [-0.3, -0.25) is 19.2 Å². The maximum atomic E-state index is 14.4. The molecule has 3 N–H and O–H groups in total. The van der Waals surface area contributed by atoms with Crippen LogP contribution in [0.3, 0.4) is 0 Å². The lowest BCUT2D eigenvalue weighted by atomic mass is 9.78. The Morgan fingerprint density at radius 1 is 0.846 bits per heavy atom. The van der Waals surface area contributed by atoms with Crippen LogP contribution in [0.4, 0.5) is 0 Å². The zero-order chi connectivity index (χ0) is 48.2. The molecule has 0 spiro atoms. The molecule has 0 unspecified atom stereocenters. The van der Waals surface area contributed by atoms with Crippen molar-refractivity contribution < 1.29 is 63.0 Å². The Balaban J connectivity index is 1.70. The standard InChI is InChI=1S/C51H79NO13/c1-30-16-12-11-13-17-31(2)42(61-8)28-38-21-19-36(7)51(60,65-38)48(57)49(58)52-23-15-14-18-39(52)50(59)64-43(33(4)26-37-20-22-40(53)44(27-37)62-9)29-41(54)32(3)25-35(6)47(63-10)46(56)45(55)34(5)24-30/h11-13,16-17,25,30,32-34,36-40,42-44,46-47,53,56,60H,14-15,18-24,26-29H2,1-10H3/b13-11+,16-12+,31-17+,35-25+/t30-,32-,33-,34-,36-,37+,38+,39+,40-,42+,43+,44-,46+,47-,51-/m1/s1. The number of esters is 1. The smallest absolute Gasteiger partial charge is 0.329 e. The first kappa shape index (κ1) is 54.2. The minimum absolute atomic E-state index is 0.00408. The number of piperidine rings is 1. The largest absolute Gasteiger partial charge is 0.460 e. The number of Topliss-reactive ketones (excluding diaryl/α,β-unsaturated/α-hetero) is 3. The lowest BCUT2D eigenvalue weighted by Crippen LogP contribution is -2.61. The number of allylic oxidation sites excluding steroid dienone is 6. The number of aliphatic hydroxyl groups is 3. The number of aliphatic hydroxyl groups excluding tert-OH is 2. The third-order valence-corrected chi connectivity index (χ3v) is 14.5. The summed E-state index contributed by atoms with van der Waals surface area (Å²) in [5, 5.41) is 33.7. The Kier molecular flexibility index (Phi) is 21.0. The number of carbonyl (C=O) groups excluding carboxylic acids is 5. The molecule has 2 bridgehead atoms. The molecule has 14 heteroatoms. The van der Waals surface area contributed by atoms with Crippen LogP contribution in [-0.2, 0) is 47.7 Å². The van der Waals surface area contributed by atoms with Crippen LogP contribution >= 0.6 is 0 Å². The van der Waals surface area contributed by atoms with Crippen molar-refractivity contribution >= 4 is 29.2 Å². The topological polar surface area (TPSA) is 195 Å². The number of ketones is 3. The van der Waals surface area contributed by atoms with Gasteiger partial charge in [-0.25, -0.2) is 4.79 Å². The van der Waals surface area contributed by atoms with Crippen LogP contribution in [-0.4, -0.2) is 132 Å². The van der Waals surface area contributed by atoms with Crippen LogP contribution in [0.2, 0.25) is 0 Å². The van der Waals surface area contributed by atoms with Gasteiger partial charge in [-0.15, -0.1) is 0 Å². The number of amides is 1. The minimum Gasteiger partial charge on any atom is -0.460 e. The first-order chi connectivity index (χ1) is 30.7. The predicted octanol–water partition coefficient (Wildman–Crippen LogP) is 6.18. The van der Waals surface area contributed by atoms with Crippen LogP contribution in [0.1, 0.15) is 126 Å². The summed E-state index contributed by atoms with van der Waals surface area (Å²) < 4.78 is 29.5. The van der Waals surface area contributed by atoms with E-state index >= 15 is 0 Å². The molecule has 4 rings (SSSR count). The molecule has 0 aromatic carbocycles. The van der Waals surface area contributed by atoms with E-state index in [0.717, 1.165) is 12.0 Å². The van der Waals surface area contributed by atoms with E-state index in [1.807, 2.05) is 51.2 Å². The van der Waals surface area contributed by atoms with Crippen LogP contribution in [0, 0.1) is 35.5 Å². The zero-order valence-corrected chi connectivity index (χ0v) is 40.6. The maximum Gasteiger partial charge on any atom is 0.329 e. The Morgan fingerprint density at radius 3 is 2.25 bits per heavy atom. The number of hydrogen-bond donors (Lipinski definition) is 3. The fourth-order valence-electron chi connectivity index (χ4n) is 10.2. The maximum absolute atomic E-state index is 14.4. The molecule has 1 saturated carbocycles. The van der Waals surface area contributed by atoms with Crippen LogP contribution < -0.4 is 0 Å². The van der Waals surface area contributed by atoms with Gasteiger partial charge in [0.2, 0.25) is 5.79 Å². The van der Waals surface area contributed by atoms with Crippen molar-refractivity contribution in [2.75, 3.05) is 27.9 Å². The average Bonchev–Trinajstić information content (AvgIpc) is 3.28. The molecular formula is C51H79NO13. The summed E-state index contributed by atoms with van der Waals surface area (Å²) in [6.07, 6.45) is 11.2. The highest BCUT2D eigenvalue weighted by Crippen LogP contribution is 2.38. The highest BCUT2D eigenvalue weighted by atomic mass is 16.6. The summed E-state index contributed by atoms with van der Waals surface area (Å²) >= 11 is 0. The molecule has 3 heterocycles. The molecule has 1 aliphatic carbocycles. The summed E-state index contributed by atoms with van der Waals surface area (Å²) in [4.78, 5) is 71.7. The van der Waals surface area contributed by atoms with Gasteiger partial charge in [-0.1, -0.05) is 71.1 Å². The number of nitrogens with zero attached hydrogens (tertiary/aromatic N) is 1. The van der Waals surface area contributed by atoms with E-state index in [1.165, 1.54) is 12.0 Å². The number of fused-ring (bicyclic) bond motifs is 3. The van der Waals surface area contributed by atoms with Crippen LogP contribution in [0.5, 0.6) is 0 Å². The van der Waals surface area contributed by atoms with Gasteiger partial charge in [0.05, 0.1) is 24.4 Å². The van der Waals surface area contributed by atoms with Crippen molar-refractivity contribution in [3.63, 3.8) is 0 Å². The summed E-state index contributed by atoms with van der Waals surface area (Å²) in [5.41, 5.74) is 1.38. The summed E-state index contributed by atoms with van der Waals surface area (Å²) in [7, 11) is 4.55. The Hall–Kier alpha value is -3.37. The lowest BCUT2D eigenvalue weighted by molar-refractivity contribution is -0.265. The molecule has 65 heavy (non-hydrogen) atoms. The molecule has 3 fully saturated rings. The third-order valence-electron chi connectivity index (χ3n) is 14.5. The van der Waals surface area contributed by atoms with Crippen LogP contribution in [0.15, 0.2) is 47.6 Å². The molecule has 15 atom stereocenters. The van der Waals surface area contributed by atoms with Gasteiger partial charge in [-0.05, 0) is 107 Å². The second-order valence-corrected chi connectivity index (χ2v) is 19.6. The van der Waals surface area contributed by atoms with Gasteiger partial charge in [0.25, 0.3) is 11.7 Å². The van der Waals surface area contributed by atoms with Crippen molar-refractivity contribution in [1.82, 2.24) is 4.90 Å². The number of rotatable bonds is 6. The minimum atomic E-state index is -2.43. The molecule has 0 aromatic rings. The lowest BCUT2D eigenvalue weighted by Gasteiger charge is -2.42. The number of carbonyl (C=O) groups is 5. The fourth-order valence-corrected chi connectivity index (χ4v) is 10.2. The summed E-state index contributed by atoms with van der Waals surface area (Å²) in [5.74, 6) is -8.08. The van der Waals surface area contributed by atoms with E-state index in [9.17, 15) is 39.3 Å². The molecule has 3 aliphatic heterocycles. The molecule has 0 aromatic heterocycles. The van der Waals surface area contributed by atoms with Crippen LogP contribution in [0.25, 0.3) is 0 Å². The van der Waals surface area contributed by atoms with E-state index in [2.05, 4.69) is 0 Å². The Labute approximate surface area is 387 Å². The van der Waals surface area contributed by atoms with Crippen molar-refractivity contribution in [1.29, 1.82) is 0 Å². The molecule has 2 saturated heterocycles. The number of hydrogen-bond acceptors (Lipinski definition) is 13. The summed E-state index contributed by atoms with van der Waals surface area (Å²) in [6.45, 7) is 12.8. The zero-order valence-electron chi connectivity index (χ0n) is 40.6. The normalized spacial score (nSPS) is 40.4.